The summed E-state index contributed by atoms with van der Waals surface area (Å²) in [5.74, 6) is -1.13. The smallest absolute Gasteiger partial charge is 0.242 e. The zero-order valence-corrected chi connectivity index (χ0v) is 15.3. The van der Waals surface area contributed by atoms with Gasteiger partial charge < -0.3 is 14.5 Å². The molecule has 0 N–H and O–H groups in total. The molecule has 0 saturated heterocycles. The third-order valence-electron chi connectivity index (χ3n) is 4.06. The van der Waals surface area contributed by atoms with E-state index in [0.29, 0.717) is 25.4 Å². The Labute approximate surface area is 153 Å². The first kappa shape index (κ1) is 19.7. The van der Waals surface area contributed by atoms with Crippen LogP contribution in [-0.4, -0.2) is 37.6 Å². The molecule has 2 rings (SSSR count). The van der Waals surface area contributed by atoms with E-state index in [9.17, 15) is 13.6 Å². The molecule has 6 heteroatoms. The highest BCUT2D eigenvalue weighted by atomic mass is 19.2. The molecule has 26 heavy (non-hydrogen) atoms. The molecule has 0 aliphatic heterocycles. The van der Waals surface area contributed by atoms with Crippen molar-refractivity contribution in [3.05, 3.63) is 59.7 Å². The summed E-state index contributed by atoms with van der Waals surface area (Å²) in [7, 11) is 1.72. The lowest BCUT2D eigenvalue weighted by molar-refractivity contribution is -0.128. The number of rotatable bonds is 8. The van der Waals surface area contributed by atoms with Crippen molar-refractivity contribution in [2.45, 2.75) is 20.4 Å². The maximum absolute atomic E-state index is 13.4. The maximum Gasteiger partial charge on any atom is 0.242 e. The van der Waals surface area contributed by atoms with Gasteiger partial charge in [-0.3, -0.25) is 4.79 Å². The Kier molecular flexibility index (Phi) is 6.95. The largest absolute Gasteiger partial charge is 0.494 e. The fourth-order valence-corrected chi connectivity index (χ4v) is 2.57. The second-order valence-electron chi connectivity index (χ2n) is 5.94. The lowest BCUT2D eigenvalue weighted by atomic mass is 10.2. The molecule has 0 aliphatic rings. The number of amides is 1. The quantitative estimate of drug-likeness (QED) is 0.715. The predicted molar refractivity (Wildman–Crippen MR) is 98.3 cm³/mol. The van der Waals surface area contributed by atoms with E-state index in [1.54, 1.807) is 16.8 Å². The second-order valence-corrected chi connectivity index (χ2v) is 5.94. The van der Waals surface area contributed by atoms with Crippen molar-refractivity contribution in [3.63, 3.8) is 0 Å². The number of carbonyl (C=O) groups is 1. The third-order valence-corrected chi connectivity index (χ3v) is 4.06. The Morgan fingerprint density at radius 2 is 1.73 bits per heavy atom. The number of hydrogen-bond donors (Lipinski definition) is 0. The first-order chi connectivity index (χ1) is 12.4. The second kappa shape index (κ2) is 9.17. The minimum atomic E-state index is -0.920. The van der Waals surface area contributed by atoms with E-state index in [1.165, 1.54) is 6.07 Å². The van der Waals surface area contributed by atoms with Gasteiger partial charge in [0.2, 0.25) is 5.91 Å². The molecular formula is C20H24F2N2O2. The van der Waals surface area contributed by atoms with E-state index < -0.39 is 11.6 Å². The first-order valence-corrected chi connectivity index (χ1v) is 8.60. The van der Waals surface area contributed by atoms with Crippen LogP contribution < -0.4 is 9.64 Å². The van der Waals surface area contributed by atoms with Gasteiger partial charge in [-0.15, -0.1) is 0 Å². The van der Waals surface area contributed by atoms with Crippen molar-refractivity contribution in [2.75, 3.05) is 31.6 Å². The molecule has 0 bridgehead atoms. The summed E-state index contributed by atoms with van der Waals surface area (Å²) in [6.45, 7) is 5.45. The number of likely N-dealkylation sites (N-methyl/N-ethyl adjacent to an activating group) is 2. The number of benzene rings is 2. The van der Waals surface area contributed by atoms with Crippen LogP contribution in [0, 0.1) is 11.6 Å². The van der Waals surface area contributed by atoms with E-state index in [4.69, 9.17) is 4.74 Å². The molecular weight excluding hydrogens is 338 g/mol. The SMILES string of the molecule is CCOc1ccc(CN(C)C(=O)CN(CC)c2ccc(F)c(F)c2)cc1. The molecule has 0 heterocycles. The van der Waals surface area contributed by atoms with E-state index in [1.807, 2.05) is 38.1 Å². The number of anilines is 1. The molecule has 2 aromatic rings. The summed E-state index contributed by atoms with van der Waals surface area (Å²) in [6, 6.07) is 11.2. The fourth-order valence-electron chi connectivity index (χ4n) is 2.57. The van der Waals surface area contributed by atoms with E-state index in [-0.39, 0.29) is 12.5 Å². The van der Waals surface area contributed by atoms with Crippen LogP contribution in [0.5, 0.6) is 5.75 Å². The lowest BCUT2D eigenvalue weighted by Gasteiger charge is -2.26. The number of carbonyl (C=O) groups excluding carboxylic acids is 1. The van der Waals surface area contributed by atoms with Crippen LogP contribution in [0.3, 0.4) is 0 Å². The highest BCUT2D eigenvalue weighted by Crippen LogP contribution is 2.18. The van der Waals surface area contributed by atoms with Gasteiger partial charge in [0.15, 0.2) is 11.6 Å². The molecule has 0 radical (unpaired) electrons. The molecule has 2 aromatic carbocycles. The molecule has 0 spiro atoms. The van der Waals surface area contributed by atoms with Crippen molar-refractivity contribution in [3.8, 4) is 5.75 Å². The Hall–Kier alpha value is -2.63. The summed E-state index contributed by atoms with van der Waals surface area (Å²) in [5, 5.41) is 0. The van der Waals surface area contributed by atoms with Crippen LogP contribution in [-0.2, 0) is 11.3 Å². The Balaban J connectivity index is 1.98. The van der Waals surface area contributed by atoms with Gasteiger partial charge in [-0.2, -0.15) is 0 Å². The average molecular weight is 362 g/mol. The Morgan fingerprint density at radius 3 is 2.31 bits per heavy atom. The molecule has 0 saturated carbocycles. The van der Waals surface area contributed by atoms with E-state index in [2.05, 4.69) is 0 Å². The Bertz CT molecular complexity index is 735. The summed E-state index contributed by atoms with van der Waals surface area (Å²) in [4.78, 5) is 15.8. The zero-order chi connectivity index (χ0) is 19.1. The van der Waals surface area contributed by atoms with Gasteiger partial charge in [0.1, 0.15) is 5.75 Å². The van der Waals surface area contributed by atoms with Gasteiger partial charge in [-0.05, 0) is 43.7 Å². The van der Waals surface area contributed by atoms with Crippen molar-refractivity contribution in [2.24, 2.45) is 0 Å². The lowest BCUT2D eigenvalue weighted by Crippen LogP contribution is -2.38. The van der Waals surface area contributed by atoms with Crippen molar-refractivity contribution in [1.29, 1.82) is 0 Å². The monoisotopic (exact) mass is 362 g/mol. The predicted octanol–water partition coefficient (Wildman–Crippen LogP) is 3.85. The Morgan fingerprint density at radius 1 is 1.04 bits per heavy atom. The number of hydrogen-bond acceptors (Lipinski definition) is 3. The summed E-state index contributed by atoms with van der Waals surface area (Å²) >= 11 is 0. The minimum Gasteiger partial charge on any atom is -0.494 e. The van der Waals surface area contributed by atoms with Gasteiger partial charge in [-0.1, -0.05) is 12.1 Å². The molecule has 0 atom stereocenters. The van der Waals surface area contributed by atoms with E-state index in [0.717, 1.165) is 23.4 Å². The minimum absolute atomic E-state index is 0.0924. The first-order valence-electron chi connectivity index (χ1n) is 8.60. The number of halogens is 2. The fraction of sp³-hybridized carbons (Fsp3) is 0.350. The van der Waals surface area contributed by atoms with Crippen molar-refractivity contribution in [1.82, 2.24) is 4.90 Å². The molecule has 0 aromatic heterocycles. The summed E-state index contributed by atoms with van der Waals surface area (Å²) < 4.78 is 31.9. The molecule has 0 fully saturated rings. The molecule has 4 nitrogen and oxygen atoms in total. The third kappa shape index (κ3) is 5.18. The number of nitrogens with zero attached hydrogens (tertiary/aromatic N) is 2. The van der Waals surface area contributed by atoms with Gasteiger partial charge in [0.25, 0.3) is 0 Å². The highest BCUT2D eigenvalue weighted by molar-refractivity contribution is 5.81. The van der Waals surface area contributed by atoms with Gasteiger partial charge >= 0.3 is 0 Å². The summed E-state index contributed by atoms with van der Waals surface area (Å²) in [5.41, 5.74) is 1.47. The van der Waals surface area contributed by atoms with E-state index >= 15 is 0 Å². The van der Waals surface area contributed by atoms with Crippen molar-refractivity contribution >= 4 is 11.6 Å². The normalized spacial score (nSPS) is 10.5. The van der Waals surface area contributed by atoms with Crippen LogP contribution in [0.2, 0.25) is 0 Å². The van der Waals surface area contributed by atoms with Crippen molar-refractivity contribution < 1.29 is 18.3 Å². The molecule has 140 valence electrons. The van der Waals surface area contributed by atoms with Crippen LogP contribution >= 0.6 is 0 Å². The van der Waals surface area contributed by atoms with Crippen LogP contribution in [0.1, 0.15) is 19.4 Å². The molecule has 0 aliphatic carbocycles. The number of ether oxygens (including phenoxy) is 1. The highest BCUT2D eigenvalue weighted by Gasteiger charge is 2.16. The van der Waals surface area contributed by atoms with Gasteiger partial charge in [0.05, 0.1) is 13.2 Å². The summed E-state index contributed by atoms with van der Waals surface area (Å²) in [6.07, 6.45) is 0. The van der Waals surface area contributed by atoms with Gasteiger partial charge in [-0.25, -0.2) is 8.78 Å². The van der Waals surface area contributed by atoms with Gasteiger partial charge in [0, 0.05) is 31.9 Å². The topological polar surface area (TPSA) is 32.8 Å². The zero-order valence-electron chi connectivity index (χ0n) is 15.3. The standard InChI is InChI=1S/C20H24F2N2O2/c1-4-24(16-8-11-18(21)19(22)12-16)14-20(25)23(3)13-15-6-9-17(10-7-15)26-5-2/h6-12H,4-5,13-14H2,1-3H3. The van der Waals surface area contributed by atoms with Crippen LogP contribution in [0.15, 0.2) is 42.5 Å². The maximum atomic E-state index is 13.4. The van der Waals surface area contributed by atoms with Crippen LogP contribution in [0.25, 0.3) is 0 Å². The molecule has 1 amide bonds. The molecule has 0 unspecified atom stereocenters. The van der Waals surface area contributed by atoms with Crippen LogP contribution in [0.4, 0.5) is 14.5 Å². The average Bonchev–Trinajstić information content (AvgIpc) is 2.63.